The molecule has 0 aromatic heterocycles. The van der Waals surface area contributed by atoms with E-state index in [0.717, 1.165) is 11.7 Å². The zero-order chi connectivity index (χ0) is 12.3. The summed E-state index contributed by atoms with van der Waals surface area (Å²) in [5, 5.41) is 0. The number of nitrogens with zero attached hydrogens (tertiary/aromatic N) is 1. The lowest BCUT2D eigenvalue weighted by molar-refractivity contribution is 0.435. The summed E-state index contributed by atoms with van der Waals surface area (Å²) in [6, 6.07) is 7.19. The van der Waals surface area contributed by atoms with E-state index in [4.69, 9.17) is 5.73 Å². The number of rotatable bonds is 3. The number of aryl methyl sites for hydroxylation is 1. The van der Waals surface area contributed by atoms with Crippen molar-refractivity contribution in [3.05, 3.63) is 23.8 Å². The third-order valence-electron chi connectivity index (χ3n) is 3.83. The van der Waals surface area contributed by atoms with Crippen LogP contribution < -0.4 is 10.6 Å². The highest BCUT2D eigenvalue weighted by Gasteiger charge is 2.21. The quantitative estimate of drug-likeness (QED) is 0.804. The zero-order valence-corrected chi connectivity index (χ0v) is 11.1. The van der Waals surface area contributed by atoms with Crippen LogP contribution in [0, 0.1) is 6.92 Å². The van der Waals surface area contributed by atoms with E-state index in [1.807, 2.05) is 6.07 Å². The van der Waals surface area contributed by atoms with Crippen LogP contribution in [0.2, 0.25) is 0 Å². The summed E-state index contributed by atoms with van der Waals surface area (Å²) in [6.45, 7) is 5.58. The average Bonchev–Trinajstić information content (AvgIpc) is 2.34. The maximum atomic E-state index is 5.89. The molecule has 17 heavy (non-hydrogen) atoms. The maximum absolute atomic E-state index is 5.89. The lowest BCUT2D eigenvalue weighted by Gasteiger charge is -2.38. The van der Waals surface area contributed by atoms with E-state index in [-0.39, 0.29) is 0 Å². The van der Waals surface area contributed by atoms with Crippen molar-refractivity contribution in [2.24, 2.45) is 0 Å². The Balaban J connectivity index is 2.20. The van der Waals surface area contributed by atoms with Crippen LogP contribution in [0.4, 0.5) is 11.4 Å². The van der Waals surface area contributed by atoms with Crippen molar-refractivity contribution < 1.29 is 0 Å². The van der Waals surface area contributed by atoms with Crippen LogP contribution in [-0.2, 0) is 0 Å². The summed E-state index contributed by atoms with van der Waals surface area (Å²) in [6.07, 6.45) is 6.63. The first-order valence-electron chi connectivity index (χ1n) is 6.85. The summed E-state index contributed by atoms with van der Waals surface area (Å²) >= 11 is 0. The van der Waals surface area contributed by atoms with E-state index < -0.39 is 0 Å². The second-order valence-corrected chi connectivity index (χ2v) is 5.17. The summed E-state index contributed by atoms with van der Waals surface area (Å²) in [5.41, 5.74) is 9.35. The Morgan fingerprint density at radius 2 is 2.18 bits per heavy atom. The summed E-state index contributed by atoms with van der Waals surface area (Å²) in [4.78, 5) is 2.58. The molecule has 0 radical (unpaired) electrons. The minimum absolute atomic E-state index is 0.733. The Morgan fingerprint density at radius 1 is 1.35 bits per heavy atom. The van der Waals surface area contributed by atoms with E-state index in [2.05, 4.69) is 30.9 Å². The third kappa shape index (κ3) is 2.74. The Hall–Kier alpha value is -1.18. The predicted molar refractivity (Wildman–Crippen MR) is 75.5 cm³/mol. The van der Waals surface area contributed by atoms with Gasteiger partial charge in [-0.1, -0.05) is 13.3 Å². The van der Waals surface area contributed by atoms with Gasteiger partial charge in [-0.2, -0.15) is 0 Å². The van der Waals surface area contributed by atoms with Gasteiger partial charge in [0, 0.05) is 24.0 Å². The third-order valence-corrected chi connectivity index (χ3v) is 3.83. The Bertz CT molecular complexity index is 371. The molecule has 0 bridgehead atoms. The van der Waals surface area contributed by atoms with Crippen molar-refractivity contribution in [3.8, 4) is 0 Å². The number of piperidine rings is 1. The molecule has 0 saturated carbocycles. The maximum Gasteiger partial charge on any atom is 0.0372 e. The average molecular weight is 232 g/mol. The van der Waals surface area contributed by atoms with Gasteiger partial charge in [-0.15, -0.1) is 0 Å². The van der Waals surface area contributed by atoms with Crippen LogP contribution in [0.15, 0.2) is 18.2 Å². The van der Waals surface area contributed by atoms with Gasteiger partial charge in [0.15, 0.2) is 0 Å². The molecule has 0 spiro atoms. The molecule has 1 saturated heterocycles. The van der Waals surface area contributed by atoms with Crippen molar-refractivity contribution in [2.45, 2.75) is 52.0 Å². The largest absolute Gasteiger partial charge is 0.399 e. The molecular formula is C15H24N2. The van der Waals surface area contributed by atoms with Crippen molar-refractivity contribution in [2.75, 3.05) is 17.2 Å². The van der Waals surface area contributed by atoms with E-state index in [1.54, 1.807) is 0 Å². The molecule has 2 N–H and O–H groups in total. The molecular weight excluding hydrogens is 208 g/mol. The summed E-state index contributed by atoms with van der Waals surface area (Å²) < 4.78 is 0. The minimum atomic E-state index is 0.733. The fraction of sp³-hybridized carbons (Fsp3) is 0.600. The van der Waals surface area contributed by atoms with E-state index in [0.29, 0.717) is 0 Å². The van der Waals surface area contributed by atoms with E-state index >= 15 is 0 Å². The van der Waals surface area contributed by atoms with Crippen molar-refractivity contribution in [1.29, 1.82) is 0 Å². The highest BCUT2D eigenvalue weighted by molar-refractivity contribution is 5.58. The molecule has 1 aromatic rings. The summed E-state index contributed by atoms with van der Waals surface area (Å²) in [5.74, 6) is 0. The van der Waals surface area contributed by atoms with E-state index in [9.17, 15) is 0 Å². The number of nitrogen functional groups attached to an aromatic ring is 1. The van der Waals surface area contributed by atoms with Crippen LogP contribution in [-0.4, -0.2) is 12.6 Å². The van der Waals surface area contributed by atoms with Crippen LogP contribution in [0.25, 0.3) is 0 Å². The molecule has 1 heterocycles. The molecule has 1 unspecified atom stereocenters. The molecule has 2 nitrogen and oxygen atoms in total. The number of anilines is 2. The van der Waals surface area contributed by atoms with Gasteiger partial charge in [0.05, 0.1) is 0 Å². The highest BCUT2D eigenvalue weighted by Crippen LogP contribution is 2.29. The van der Waals surface area contributed by atoms with Gasteiger partial charge >= 0.3 is 0 Å². The molecule has 1 atom stereocenters. The lowest BCUT2D eigenvalue weighted by Crippen LogP contribution is -2.39. The normalized spacial score (nSPS) is 20.6. The number of nitrogens with two attached hydrogens (primary N) is 1. The van der Waals surface area contributed by atoms with Gasteiger partial charge in [-0.25, -0.2) is 0 Å². The molecule has 0 aliphatic carbocycles. The highest BCUT2D eigenvalue weighted by atomic mass is 15.2. The van der Waals surface area contributed by atoms with Crippen LogP contribution in [0.1, 0.15) is 44.6 Å². The lowest BCUT2D eigenvalue weighted by atomic mass is 9.97. The zero-order valence-electron chi connectivity index (χ0n) is 11.1. The van der Waals surface area contributed by atoms with E-state index in [1.165, 1.54) is 49.9 Å². The topological polar surface area (TPSA) is 29.3 Å². The van der Waals surface area contributed by atoms with Gasteiger partial charge in [0.1, 0.15) is 0 Å². The van der Waals surface area contributed by atoms with Crippen molar-refractivity contribution in [1.82, 2.24) is 0 Å². The fourth-order valence-electron chi connectivity index (χ4n) is 2.81. The van der Waals surface area contributed by atoms with Crippen LogP contribution in [0.5, 0.6) is 0 Å². The van der Waals surface area contributed by atoms with Crippen LogP contribution in [0.3, 0.4) is 0 Å². The molecule has 1 aliphatic rings. The summed E-state index contributed by atoms with van der Waals surface area (Å²) in [7, 11) is 0. The standard InChI is InChI=1S/C15H24N2/c1-3-6-13-7-4-5-10-17(13)14-8-9-15(16)12(2)11-14/h8-9,11,13H,3-7,10,16H2,1-2H3. The SMILES string of the molecule is CCCC1CCCCN1c1ccc(N)c(C)c1. The molecule has 1 aromatic carbocycles. The fourth-order valence-corrected chi connectivity index (χ4v) is 2.81. The van der Waals surface area contributed by atoms with Gasteiger partial charge in [0.25, 0.3) is 0 Å². The Morgan fingerprint density at radius 3 is 2.88 bits per heavy atom. The first-order valence-corrected chi connectivity index (χ1v) is 6.85. The molecule has 1 aliphatic heterocycles. The number of benzene rings is 1. The first-order chi connectivity index (χ1) is 8.22. The first kappa shape index (κ1) is 12.3. The second-order valence-electron chi connectivity index (χ2n) is 5.17. The monoisotopic (exact) mass is 232 g/mol. The predicted octanol–water partition coefficient (Wildman–Crippen LogP) is 3.74. The number of hydrogen-bond donors (Lipinski definition) is 1. The molecule has 2 rings (SSSR count). The second kappa shape index (κ2) is 5.44. The number of hydrogen-bond acceptors (Lipinski definition) is 2. The van der Waals surface area contributed by atoms with Gasteiger partial charge in [0.2, 0.25) is 0 Å². The van der Waals surface area contributed by atoms with Gasteiger partial charge < -0.3 is 10.6 Å². The minimum Gasteiger partial charge on any atom is -0.399 e. The molecule has 1 fully saturated rings. The Kier molecular flexibility index (Phi) is 3.93. The van der Waals surface area contributed by atoms with Crippen LogP contribution >= 0.6 is 0 Å². The van der Waals surface area contributed by atoms with Gasteiger partial charge in [-0.05, 0) is 56.4 Å². The van der Waals surface area contributed by atoms with Crippen molar-refractivity contribution in [3.63, 3.8) is 0 Å². The molecule has 2 heteroatoms. The molecule has 94 valence electrons. The Labute approximate surface area is 105 Å². The van der Waals surface area contributed by atoms with Crippen molar-refractivity contribution >= 4 is 11.4 Å². The smallest absolute Gasteiger partial charge is 0.0372 e. The van der Waals surface area contributed by atoms with Gasteiger partial charge in [-0.3, -0.25) is 0 Å². The molecule has 0 amide bonds.